The number of likely N-dealkylation sites (N-methyl/N-ethyl adjacent to an activating group) is 1. The smallest absolute Gasteiger partial charge is 0.255 e. The fourth-order valence-electron chi connectivity index (χ4n) is 6.99. The minimum Gasteiger partial charge on any atom is -0.510 e. The van der Waals surface area contributed by atoms with Gasteiger partial charge in [-0.2, -0.15) is 0 Å². The number of amides is 1. The summed E-state index contributed by atoms with van der Waals surface area (Å²) < 4.78 is 33.5. The molecule has 0 spiro atoms. The lowest BCUT2D eigenvalue weighted by Gasteiger charge is -2.50. The number of aliphatic hydroxyl groups excluding tert-OH is 2. The first-order valence-corrected chi connectivity index (χ1v) is 15.5. The van der Waals surface area contributed by atoms with Gasteiger partial charge in [0.1, 0.15) is 33.4 Å². The van der Waals surface area contributed by atoms with E-state index in [1.807, 2.05) is 0 Å². The third-order valence-electron chi connectivity index (χ3n) is 8.95. The van der Waals surface area contributed by atoms with E-state index >= 15 is 0 Å². The first kappa shape index (κ1) is 32.2. The largest absolute Gasteiger partial charge is 0.510 e. The van der Waals surface area contributed by atoms with Crippen LogP contribution in [0.5, 0.6) is 5.75 Å². The molecule has 1 aromatic heterocycles. The average Bonchev–Trinajstić information content (AvgIpc) is 3.28. The Morgan fingerprint density at radius 2 is 1.82 bits per heavy atom. The molecule has 3 aliphatic rings. The van der Waals surface area contributed by atoms with Crippen molar-refractivity contribution >= 4 is 33.2 Å². The molecule has 1 heterocycles. The molecule has 0 saturated heterocycles. The zero-order valence-corrected chi connectivity index (χ0v) is 26.3. The van der Waals surface area contributed by atoms with Crippen LogP contribution in [-0.2, 0) is 32.6 Å². The number of aliphatic hydroxyl groups is 3. The number of nitrogens with two attached hydrogens (primary N) is 1. The van der Waals surface area contributed by atoms with Gasteiger partial charge in [0.05, 0.1) is 11.6 Å². The highest BCUT2D eigenvalue weighted by Crippen LogP contribution is 2.53. The normalized spacial score (nSPS) is 24.9. The van der Waals surface area contributed by atoms with Gasteiger partial charge in [0.15, 0.2) is 17.1 Å². The number of aromatic nitrogens is 1. The summed E-state index contributed by atoms with van der Waals surface area (Å²) in [5, 5.41) is 49.3. The summed E-state index contributed by atoms with van der Waals surface area (Å²) in [6.45, 7) is 2.47. The van der Waals surface area contributed by atoms with Gasteiger partial charge in [0.25, 0.3) is 5.91 Å². The predicted molar refractivity (Wildman–Crippen MR) is 158 cm³/mol. The minimum atomic E-state index is -4.15. The molecule has 0 aliphatic heterocycles. The second-order valence-electron chi connectivity index (χ2n) is 12.1. The molecule has 1 aromatic carbocycles. The first-order valence-electron chi connectivity index (χ1n) is 14.0. The number of fused-ring (bicyclic) bond motifs is 3. The maximum atomic E-state index is 14.2. The summed E-state index contributed by atoms with van der Waals surface area (Å²) in [6, 6.07) is 0.441. The van der Waals surface area contributed by atoms with Gasteiger partial charge >= 0.3 is 0 Å². The molecule has 0 radical (unpaired) electrons. The number of aromatic hydroxyl groups is 1. The van der Waals surface area contributed by atoms with E-state index in [4.69, 9.17) is 10.3 Å². The molecule has 15 nitrogen and oxygen atoms in total. The van der Waals surface area contributed by atoms with Crippen molar-refractivity contribution in [3.8, 4) is 5.75 Å². The lowest BCUT2D eigenvalue weighted by molar-refractivity contribution is -0.148. The van der Waals surface area contributed by atoms with Crippen molar-refractivity contribution in [2.75, 3.05) is 33.1 Å². The third-order valence-corrected chi connectivity index (χ3v) is 10.6. The number of hydrogen-bond donors (Lipinski definition) is 6. The van der Waals surface area contributed by atoms with E-state index in [9.17, 15) is 43.2 Å². The Labute approximate surface area is 258 Å². The number of carbonyl (C=O) groups is 3. The quantitative estimate of drug-likeness (QED) is 0.222. The Morgan fingerprint density at radius 3 is 2.36 bits per heavy atom. The molecular weight excluding hydrogens is 610 g/mol. The molecule has 7 N–H and O–H groups in total. The van der Waals surface area contributed by atoms with Crippen molar-refractivity contribution in [3.05, 3.63) is 56.9 Å². The summed E-state index contributed by atoms with van der Waals surface area (Å²) in [5.41, 5.74) is 2.25. The van der Waals surface area contributed by atoms with Gasteiger partial charge in [-0.3, -0.25) is 19.3 Å². The number of sulfonamides is 1. The molecule has 0 bridgehead atoms. The topological polar surface area (TPSA) is 237 Å². The minimum absolute atomic E-state index is 0.0392. The van der Waals surface area contributed by atoms with E-state index in [2.05, 4.69) is 9.88 Å². The van der Waals surface area contributed by atoms with Gasteiger partial charge in [-0.1, -0.05) is 5.16 Å². The fraction of sp³-hybridized carbons (Fsp3) is 0.448. The highest BCUT2D eigenvalue weighted by Gasteiger charge is 2.63. The number of rotatable bonds is 7. The number of allylic oxidation sites excluding steroid dienone is 1. The van der Waals surface area contributed by atoms with E-state index in [1.165, 1.54) is 18.7 Å². The number of ketones is 2. The van der Waals surface area contributed by atoms with Crippen LogP contribution in [0, 0.1) is 25.7 Å². The summed E-state index contributed by atoms with van der Waals surface area (Å²) in [4.78, 5) is 42.9. The molecule has 4 unspecified atom stereocenters. The van der Waals surface area contributed by atoms with Crippen LogP contribution in [0.4, 0.5) is 5.69 Å². The van der Waals surface area contributed by atoms with Gasteiger partial charge in [0.2, 0.25) is 15.8 Å². The highest BCUT2D eigenvalue weighted by molar-refractivity contribution is 7.89. The standard InChI is InChI=1S/C29H35N5O10S/c1-11-25(12(2)44-32-11)45(42,43)31-10-14-9-17(33(3)4)15-7-13-8-16-21(34(5)6)24(37)20(28(30)40)27(39)29(16,41)26(38)18(13)23(36)19(15)22(14)35/h9,13,16,21,31,35,37-38,41H,7-8,10H2,1-6H3,(H2,30,40). The number of phenols is 1. The van der Waals surface area contributed by atoms with Crippen LogP contribution in [0.15, 0.2) is 38.1 Å². The number of benzene rings is 1. The van der Waals surface area contributed by atoms with E-state index in [-0.39, 0.29) is 45.9 Å². The van der Waals surface area contributed by atoms with Crippen LogP contribution in [0.25, 0.3) is 0 Å². The van der Waals surface area contributed by atoms with E-state index < -0.39 is 80.4 Å². The maximum Gasteiger partial charge on any atom is 0.255 e. The Kier molecular flexibility index (Phi) is 7.63. The molecule has 3 aliphatic carbocycles. The van der Waals surface area contributed by atoms with Crippen molar-refractivity contribution in [3.63, 3.8) is 0 Å². The molecule has 0 saturated carbocycles. The zero-order chi connectivity index (χ0) is 33.5. The van der Waals surface area contributed by atoms with Gasteiger partial charge in [0, 0.05) is 43.4 Å². The maximum absolute atomic E-state index is 14.2. The van der Waals surface area contributed by atoms with Crippen LogP contribution >= 0.6 is 0 Å². The summed E-state index contributed by atoms with van der Waals surface area (Å²) in [6.07, 6.45) is 0.0269. The van der Waals surface area contributed by atoms with Crippen LogP contribution in [0.2, 0.25) is 0 Å². The lowest BCUT2D eigenvalue weighted by atomic mass is 9.58. The van der Waals surface area contributed by atoms with Crippen molar-refractivity contribution in [1.82, 2.24) is 14.8 Å². The first-order chi connectivity index (χ1) is 20.9. The number of phenolic OH excluding ortho intramolecular Hbond substituents is 1. The van der Waals surface area contributed by atoms with Gasteiger partial charge in [-0.05, 0) is 58.3 Å². The predicted octanol–water partition coefficient (Wildman–Crippen LogP) is 0.270. The molecule has 16 heteroatoms. The van der Waals surface area contributed by atoms with Crippen molar-refractivity contribution in [2.45, 2.75) is 49.8 Å². The van der Waals surface area contributed by atoms with Crippen LogP contribution in [-0.4, -0.2) is 96.2 Å². The molecule has 242 valence electrons. The monoisotopic (exact) mass is 645 g/mol. The number of aryl methyl sites for hydroxylation is 2. The van der Waals surface area contributed by atoms with Crippen molar-refractivity contribution in [1.29, 1.82) is 0 Å². The third kappa shape index (κ3) is 4.62. The molecule has 45 heavy (non-hydrogen) atoms. The molecule has 5 rings (SSSR count). The van der Waals surface area contributed by atoms with Crippen molar-refractivity contribution in [2.24, 2.45) is 17.6 Å². The highest BCUT2D eigenvalue weighted by atomic mass is 32.2. The Hall–Kier alpha value is -4.25. The number of Topliss-reactive ketones (excluding diaryl/α,β-unsaturated/α-hetero) is 2. The van der Waals surface area contributed by atoms with Gasteiger partial charge in [-0.15, -0.1) is 0 Å². The second kappa shape index (κ2) is 10.7. The van der Waals surface area contributed by atoms with E-state index in [0.717, 1.165) is 0 Å². The Bertz CT molecular complexity index is 1820. The molecule has 4 atom stereocenters. The molecule has 0 fully saturated rings. The number of nitrogens with zero attached hydrogens (tertiary/aromatic N) is 3. The van der Waals surface area contributed by atoms with Crippen LogP contribution in [0.3, 0.4) is 0 Å². The summed E-state index contributed by atoms with van der Waals surface area (Å²) >= 11 is 0. The van der Waals surface area contributed by atoms with E-state index in [1.54, 1.807) is 39.2 Å². The number of anilines is 1. The van der Waals surface area contributed by atoms with Gasteiger partial charge < -0.3 is 35.6 Å². The zero-order valence-electron chi connectivity index (χ0n) is 25.5. The fourth-order valence-corrected chi connectivity index (χ4v) is 8.32. The van der Waals surface area contributed by atoms with Gasteiger partial charge in [-0.25, -0.2) is 13.1 Å². The molecule has 1 amide bonds. The summed E-state index contributed by atoms with van der Waals surface area (Å²) in [7, 11) is 2.36. The SMILES string of the molecule is Cc1noc(C)c1S(=O)(=O)NCc1cc(N(C)C)c2c(c1O)C(=O)C1=C(O)C3(O)C(=O)C(C(N)=O)=C(O)C(N(C)C)C3CC1C2. The van der Waals surface area contributed by atoms with Crippen molar-refractivity contribution < 1.29 is 47.8 Å². The summed E-state index contributed by atoms with van der Waals surface area (Å²) in [5.74, 6) is -7.55. The second-order valence-corrected chi connectivity index (χ2v) is 13.8. The Morgan fingerprint density at radius 1 is 1.18 bits per heavy atom. The number of hydrogen-bond acceptors (Lipinski definition) is 13. The number of nitrogens with one attached hydrogen (secondary N) is 1. The molecule has 2 aromatic rings. The lowest BCUT2D eigenvalue weighted by Crippen LogP contribution is -2.63. The number of primary amides is 1. The number of carbonyl (C=O) groups excluding carboxylic acids is 3. The van der Waals surface area contributed by atoms with Crippen LogP contribution < -0.4 is 15.4 Å². The van der Waals surface area contributed by atoms with E-state index in [0.29, 0.717) is 11.3 Å². The van der Waals surface area contributed by atoms with Crippen LogP contribution in [0.1, 0.15) is 39.4 Å². The average molecular weight is 646 g/mol. The molecular formula is C29H35N5O10S. The Balaban J connectivity index is 1.64.